The Morgan fingerprint density at radius 3 is 2.65 bits per heavy atom. The maximum atomic E-state index is 12.8. The standard InChI is InChI=1S/C18H19N5O3/c1-11-14(18(25)26)10-19-23(11)12-6-8-22(9-7-12)17(24)16-13-4-2-3-5-15(13)20-21-16/h2-5,10,12H,6-9H2,1H3,(H,20,21)(H,25,26). The number of hydrogen-bond acceptors (Lipinski definition) is 4. The summed E-state index contributed by atoms with van der Waals surface area (Å²) < 4.78 is 1.77. The van der Waals surface area contributed by atoms with E-state index >= 15 is 0 Å². The van der Waals surface area contributed by atoms with Gasteiger partial charge in [-0.3, -0.25) is 14.6 Å². The molecule has 1 fully saturated rings. The Morgan fingerprint density at radius 2 is 1.96 bits per heavy atom. The van der Waals surface area contributed by atoms with Crippen LogP contribution in [0.25, 0.3) is 10.9 Å². The van der Waals surface area contributed by atoms with Gasteiger partial charge in [-0.1, -0.05) is 18.2 Å². The van der Waals surface area contributed by atoms with E-state index in [1.807, 2.05) is 24.3 Å². The molecule has 1 saturated heterocycles. The largest absolute Gasteiger partial charge is 0.478 e. The van der Waals surface area contributed by atoms with Crippen LogP contribution in [-0.2, 0) is 0 Å². The summed E-state index contributed by atoms with van der Waals surface area (Å²) in [4.78, 5) is 25.8. The molecule has 0 bridgehead atoms. The minimum atomic E-state index is -0.966. The molecule has 0 spiro atoms. The van der Waals surface area contributed by atoms with E-state index in [2.05, 4.69) is 15.3 Å². The number of para-hydroxylation sites is 1. The number of nitrogens with one attached hydrogen (secondary N) is 1. The zero-order valence-corrected chi connectivity index (χ0v) is 14.3. The van der Waals surface area contributed by atoms with E-state index in [9.17, 15) is 9.59 Å². The van der Waals surface area contributed by atoms with Gasteiger partial charge >= 0.3 is 5.97 Å². The van der Waals surface area contributed by atoms with Gasteiger partial charge in [0.2, 0.25) is 0 Å². The highest BCUT2D eigenvalue weighted by Gasteiger charge is 2.28. The zero-order valence-electron chi connectivity index (χ0n) is 14.3. The summed E-state index contributed by atoms with van der Waals surface area (Å²) in [6.07, 6.45) is 2.86. The topological polar surface area (TPSA) is 104 Å². The van der Waals surface area contributed by atoms with Crippen LogP contribution < -0.4 is 0 Å². The number of carboxylic acids is 1. The van der Waals surface area contributed by atoms with E-state index in [0.29, 0.717) is 24.5 Å². The first kappa shape index (κ1) is 16.3. The van der Waals surface area contributed by atoms with Crippen LogP contribution in [0.4, 0.5) is 0 Å². The number of hydrogen-bond donors (Lipinski definition) is 2. The van der Waals surface area contributed by atoms with E-state index in [1.165, 1.54) is 6.20 Å². The zero-order chi connectivity index (χ0) is 18.3. The second-order valence-electron chi connectivity index (χ2n) is 6.53. The number of aromatic carboxylic acids is 1. The van der Waals surface area contributed by atoms with Crippen molar-refractivity contribution in [1.29, 1.82) is 0 Å². The fourth-order valence-electron chi connectivity index (χ4n) is 3.59. The van der Waals surface area contributed by atoms with Gasteiger partial charge < -0.3 is 10.0 Å². The summed E-state index contributed by atoms with van der Waals surface area (Å²) in [6.45, 7) is 2.95. The Hall–Kier alpha value is -3.16. The van der Waals surface area contributed by atoms with E-state index < -0.39 is 5.97 Å². The molecule has 0 saturated carbocycles. The molecule has 1 amide bonds. The second kappa shape index (κ2) is 6.29. The molecule has 8 heteroatoms. The van der Waals surface area contributed by atoms with Gasteiger partial charge in [-0.15, -0.1) is 0 Å². The molecule has 4 rings (SSSR count). The maximum Gasteiger partial charge on any atom is 0.339 e. The average Bonchev–Trinajstić information content (AvgIpc) is 3.25. The average molecular weight is 353 g/mol. The number of benzene rings is 1. The molecule has 8 nitrogen and oxygen atoms in total. The molecule has 1 aliphatic rings. The lowest BCUT2D eigenvalue weighted by Crippen LogP contribution is -2.39. The van der Waals surface area contributed by atoms with Crippen molar-refractivity contribution in [3.63, 3.8) is 0 Å². The number of nitrogens with zero attached hydrogens (tertiary/aromatic N) is 4. The van der Waals surface area contributed by atoms with Crippen molar-refractivity contribution in [3.05, 3.63) is 47.4 Å². The van der Waals surface area contributed by atoms with Gasteiger partial charge in [-0.25, -0.2) is 4.79 Å². The fraction of sp³-hybridized carbons (Fsp3) is 0.333. The molecule has 0 unspecified atom stereocenters. The Bertz CT molecular complexity index is 982. The molecule has 0 atom stereocenters. The number of carbonyl (C=O) groups excluding carboxylic acids is 1. The molecule has 2 N–H and O–H groups in total. The minimum absolute atomic E-state index is 0.0793. The number of amides is 1. The van der Waals surface area contributed by atoms with Crippen molar-refractivity contribution in [2.75, 3.05) is 13.1 Å². The minimum Gasteiger partial charge on any atom is -0.478 e. The van der Waals surface area contributed by atoms with Gasteiger partial charge in [0.05, 0.1) is 23.4 Å². The number of H-pyrrole nitrogens is 1. The first-order chi connectivity index (χ1) is 12.6. The summed E-state index contributed by atoms with van der Waals surface area (Å²) in [5, 5.41) is 21.3. The molecule has 0 radical (unpaired) electrons. The quantitative estimate of drug-likeness (QED) is 0.751. The molecule has 134 valence electrons. The lowest BCUT2D eigenvalue weighted by atomic mass is 10.0. The monoisotopic (exact) mass is 353 g/mol. The van der Waals surface area contributed by atoms with Gasteiger partial charge in [0.1, 0.15) is 5.56 Å². The molecular weight excluding hydrogens is 334 g/mol. The van der Waals surface area contributed by atoms with Crippen molar-refractivity contribution in [2.24, 2.45) is 0 Å². The third kappa shape index (κ3) is 2.63. The van der Waals surface area contributed by atoms with Crippen molar-refractivity contribution < 1.29 is 14.7 Å². The molecule has 0 aliphatic carbocycles. The maximum absolute atomic E-state index is 12.8. The number of likely N-dealkylation sites (tertiary alicyclic amines) is 1. The summed E-state index contributed by atoms with van der Waals surface area (Å²) in [5.41, 5.74) is 2.17. The number of fused-ring (bicyclic) bond motifs is 1. The van der Waals surface area contributed by atoms with E-state index in [1.54, 1.807) is 16.5 Å². The highest BCUT2D eigenvalue weighted by Crippen LogP contribution is 2.26. The lowest BCUT2D eigenvalue weighted by molar-refractivity contribution is 0.0684. The third-order valence-corrected chi connectivity index (χ3v) is 5.05. The summed E-state index contributed by atoms with van der Waals surface area (Å²) in [6, 6.07) is 7.67. The van der Waals surface area contributed by atoms with Gasteiger partial charge in [0, 0.05) is 18.5 Å². The summed E-state index contributed by atoms with van der Waals surface area (Å²) in [5.74, 6) is -1.05. The molecular formula is C18H19N5O3. The number of carboxylic acid groups (broad SMARTS) is 1. The normalized spacial score (nSPS) is 15.5. The van der Waals surface area contributed by atoms with Crippen LogP contribution in [0.5, 0.6) is 0 Å². The number of aromatic amines is 1. The second-order valence-corrected chi connectivity index (χ2v) is 6.53. The summed E-state index contributed by atoms with van der Waals surface area (Å²) in [7, 11) is 0. The smallest absolute Gasteiger partial charge is 0.339 e. The SMILES string of the molecule is Cc1c(C(=O)O)cnn1C1CCN(C(=O)c2n[nH]c3ccccc23)CC1. The van der Waals surface area contributed by atoms with Gasteiger partial charge in [0.25, 0.3) is 5.91 Å². The Balaban J connectivity index is 1.48. The van der Waals surface area contributed by atoms with E-state index in [-0.39, 0.29) is 17.5 Å². The van der Waals surface area contributed by atoms with E-state index in [4.69, 9.17) is 5.11 Å². The van der Waals surface area contributed by atoms with Crippen molar-refractivity contribution >= 4 is 22.8 Å². The third-order valence-electron chi connectivity index (χ3n) is 5.05. The highest BCUT2D eigenvalue weighted by molar-refractivity contribution is 6.04. The first-order valence-corrected chi connectivity index (χ1v) is 8.56. The van der Waals surface area contributed by atoms with Crippen LogP contribution in [0, 0.1) is 6.92 Å². The first-order valence-electron chi connectivity index (χ1n) is 8.56. The molecule has 2 aromatic heterocycles. The van der Waals surface area contributed by atoms with Crippen molar-refractivity contribution in [3.8, 4) is 0 Å². The summed E-state index contributed by atoms with van der Waals surface area (Å²) >= 11 is 0. The Kier molecular flexibility index (Phi) is 3.95. The van der Waals surface area contributed by atoms with Gasteiger partial charge in [-0.2, -0.15) is 10.2 Å². The lowest BCUT2D eigenvalue weighted by Gasteiger charge is -2.32. The van der Waals surface area contributed by atoms with Crippen LogP contribution in [0.15, 0.2) is 30.5 Å². The number of rotatable bonds is 3. The molecule has 1 aromatic carbocycles. The van der Waals surface area contributed by atoms with E-state index in [0.717, 1.165) is 23.7 Å². The Morgan fingerprint density at radius 1 is 1.23 bits per heavy atom. The number of aromatic nitrogens is 4. The van der Waals surface area contributed by atoms with Gasteiger partial charge in [-0.05, 0) is 25.8 Å². The predicted octanol–water partition coefficient (Wildman–Crippen LogP) is 2.24. The van der Waals surface area contributed by atoms with Crippen LogP contribution in [0.1, 0.15) is 45.4 Å². The highest BCUT2D eigenvalue weighted by atomic mass is 16.4. The molecule has 26 heavy (non-hydrogen) atoms. The molecule has 3 heterocycles. The molecule has 1 aliphatic heterocycles. The Labute approximate surface area is 149 Å². The predicted molar refractivity (Wildman–Crippen MR) is 94.2 cm³/mol. The number of carbonyl (C=O) groups is 2. The van der Waals surface area contributed by atoms with Crippen LogP contribution in [0.3, 0.4) is 0 Å². The van der Waals surface area contributed by atoms with Crippen LogP contribution in [-0.4, -0.2) is 55.0 Å². The van der Waals surface area contributed by atoms with Crippen molar-refractivity contribution in [2.45, 2.75) is 25.8 Å². The fourth-order valence-corrected chi connectivity index (χ4v) is 3.59. The van der Waals surface area contributed by atoms with Crippen LogP contribution >= 0.6 is 0 Å². The van der Waals surface area contributed by atoms with Crippen molar-refractivity contribution in [1.82, 2.24) is 24.9 Å². The van der Waals surface area contributed by atoms with Crippen LogP contribution in [0.2, 0.25) is 0 Å². The van der Waals surface area contributed by atoms with Gasteiger partial charge in [0.15, 0.2) is 5.69 Å². The number of piperidine rings is 1. The molecule has 3 aromatic rings.